The van der Waals surface area contributed by atoms with Gasteiger partial charge in [-0.25, -0.2) is 0 Å². The lowest BCUT2D eigenvalue weighted by Crippen LogP contribution is -2.27. The molecule has 1 N–H and O–H groups in total. The second kappa shape index (κ2) is 8.33. The molecule has 0 saturated heterocycles. The van der Waals surface area contributed by atoms with Gasteiger partial charge in [0, 0.05) is 0 Å². The van der Waals surface area contributed by atoms with Gasteiger partial charge in [-0.15, -0.1) is 11.3 Å². The summed E-state index contributed by atoms with van der Waals surface area (Å²) in [5.74, 6) is 1.29. The number of carbonyl (C=O) groups is 2. The first kappa shape index (κ1) is 17.0. The topological polar surface area (TPSA) is 64.6 Å². The molecule has 0 aliphatic heterocycles. The highest BCUT2D eigenvalue weighted by molar-refractivity contribution is 7.15. The summed E-state index contributed by atoms with van der Waals surface area (Å²) in [4.78, 5) is 24.2. The van der Waals surface area contributed by atoms with Gasteiger partial charge in [-0.2, -0.15) is 0 Å². The predicted molar refractivity (Wildman–Crippen MR) is 89.8 cm³/mol. The Bertz CT molecular complexity index is 663. The first-order valence-corrected chi connectivity index (χ1v) is 8.16. The fourth-order valence-electron chi connectivity index (χ4n) is 1.87. The summed E-state index contributed by atoms with van der Waals surface area (Å²) in [6, 6.07) is 10.7. The average Bonchev–Trinajstić information content (AvgIpc) is 3.03. The van der Waals surface area contributed by atoms with Gasteiger partial charge in [0.25, 0.3) is 5.91 Å². The van der Waals surface area contributed by atoms with E-state index in [1.54, 1.807) is 12.1 Å². The van der Waals surface area contributed by atoms with E-state index in [4.69, 9.17) is 9.47 Å². The molecule has 122 valence electrons. The smallest absolute Gasteiger partial charge is 0.261 e. The van der Waals surface area contributed by atoms with Crippen LogP contribution in [0, 0.1) is 0 Å². The van der Waals surface area contributed by atoms with Crippen molar-refractivity contribution in [3.05, 3.63) is 46.2 Å². The zero-order valence-electron chi connectivity index (χ0n) is 13.1. The van der Waals surface area contributed by atoms with E-state index in [0.717, 1.165) is 11.5 Å². The van der Waals surface area contributed by atoms with E-state index in [1.807, 2.05) is 31.2 Å². The molecule has 6 heteroatoms. The van der Waals surface area contributed by atoms with Gasteiger partial charge in [-0.1, -0.05) is 0 Å². The molecule has 2 aromatic rings. The Hall–Kier alpha value is -2.34. The third-order valence-corrected chi connectivity index (χ3v) is 4.15. The zero-order chi connectivity index (χ0) is 16.7. The molecule has 0 unspecified atom stereocenters. The van der Waals surface area contributed by atoms with Gasteiger partial charge in [-0.05, 0) is 50.2 Å². The Balaban J connectivity index is 1.73. The molecule has 1 aromatic heterocycles. The lowest BCUT2D eigenvalue weighted by atomic mass is 10.3. The molecule has 0 fully saturated rings. The highest BCUT2D eigenvalue weighted by Gasteiger charge is 2.10. The molecule has 1 aromatic carbocycles. The van der Waals surface area contributed by atoms with Gasteiger partial charge in [0.1, 0.15) is 18.1 Å². The van der Waals surface area contributed by atoms with Crippen LogP contribution in [0.25, 0.3) is 0 Å². The van der Waals surface area contributed by atoms with Gasteiger partial charge in [0.2, 0.25) is 0 Å². The van der Waals surface area contributed by atoms with Crippen molar-refractivity contribution in [2.75, 3.05) is 19.8 Å². The molecule has 0 aliphatic rings. The van der Waals surface area contributed by atoms with Crippen LogP contribution in [0.5, 0.6) is 11.5 Å². The van der Waals surface area contributed by atoms with Crippen molar-refractivity contribution in [3.8, 4) is 11.5 Å². The quantitative estimate of drug-likeness (QED) is 0.595. The number of Topliss-reactive ketones (excluding diaryl/α,β-unsaturated/α-hetero) is 1. The fraction of sp³-hybridized carbons (Fsp3) is 0.294. The van der Waals surface area contributed by atoms with E-state index in [9.17, 15) is 9.59 Å². The molecule has 1 amide bonds. The molecule has 2 rings (SSSR count). The second-order valence-electron chi connectivity index (χ2n) is 4.73. The summed E-state index contributed by atoms with van der Waals surface area (Å²) in [6.45, 7) is 4.79. The number of ether oxygens (including phenoxy) is 2. The monoisotopic (exact) mass is 333 g/mol. The van der Waals surface area contributed by atoms with Crippen LogP contribution in [0.3, 0.4) is 0 Å². The van der Waals surface area contributed by atoms with Crippen molar-refractivity contribution in [2.24, 2.45) is 0 Å². The van der Waals surface area contributed by atoms with Crippen molar-refractivity contribution < 1.29 is 19.1 Å². The lowest BCUT2D eigenvalue weighted by Gasteiger charge is -2.08. The van der Waals surface area contributed by atoms with E-state index in [0.29, 0.717) is 29.5 Å². The van der Waals surface area contributed by atoms with Gasteiger partial charge < -0.3 is 14.8 Å². The average molecular weight is 333 g/mol. The number of carbonyl (C=O) groups excluding carboxylic acids is 2. The minimum Gasteiger partial charge on any atom is -0.494 e. The van der Waals surface area contributed by atoms with Crippen LogP contribution in [0.15, 0.2) is 36.4 Å². The summed E-state index contributed by atoms with van der Waals surface area (Å²) in [5.41, 5.74) is 0. The van der Waals surface area contributed by atoms with Crippen LogP contribution >= 0.6 is 11.3 Å². The normalized spacial score (nSPS) is 10.2. The number of ketones is 1. The summed E-state index contributed by atoms with van der Waals surface area (Å²) in [7, 11) is 0. The first-order chi connectivity index (χ1) is 11.1. The SMILES string of the molecule is CCOc1ccc(OCCNC(=O)c2ccc(C(C)=O)s2)cc1. The Labute approximate surface area is 139 Å². The third-order valence-electron chi connectivity index (χ3n) is 2.97. The fourth-order valence-corrected chi connectivity index (χ4v) is 2.69. The molecule has 0 atom stereocenters. The van der Waals surface area contributed by atoms with Gasteiger partial charge in [-0.3, -0.25) is 9.59 Å². The zero-order valence-corrected chi connectivity index (χ0v) is 13.9. The maximum Gasteiger partial charge on any atom is 0.261 e. The molecule has 0 aliphatic carbocycles. The standard InChI is InChI=1S/C17H19NO4S/c1-3-21-13-4-6-14(7-5-13)22-11-10-18-17(20)16-9-8-15(23-16)12(2)19/h4-9H,3,10-11H2,1-2H3,(H,18,20). The Morgan fingerprint density at radius 1 is 1.00 bits per heavy atom. The molecule has 23 heavy (non-hydrogen) atoms. The van der Waals surface area contributed by atoms with Crippen molar-refractivity contribution in [2.45, 2.75) is 13.8 Å². The van der Waals surface area contributed by atoms with E-state index in [1.165, 1.54) is 18.3 Å². The summed E-state index contributed by atoms with van der Waals surface area (Å²) < 4.78 is 10.9. The molecule has 5 nitrogen and oxygen atoms in total. The first-order valence-electron chi connectivity index (χ1n) is 7.34. The number of amides is 1. The number of nitrogens with one attached hydrogen (secondary N) is 1. The maximum absolute atomic E-state index is 11.9. The highest BCUT2D eigenvalue weighted by atomic mass is 32.1. The van der Waals surface area contributed by atoms with Gasteiger partial charge in [0.15, 0.2) is 5.78 Å². The van der Waals surface area contributed by atoms with Gasteiger partial charge in [0.05, 0.1) is 22.9 Å². The van der Waals surface area contributed by atoms with Crippen LogP contribution in [0.2, 0.25) is 0 Å². The largest absolute Gasteiger partial charge is 0.494 e. The molecule has 0 saturated carbocycles. The van der Waals surface area contributed by atoms with Crippen LogP contribution < -0.4 is 14.8 Å². The van der Waals surface area contributed by atoms with Gasteiger partial charge >= 0.3 is 0 Å². The molecule has 1 heterocycles. The van der Waals surface area contributed by atoms with E-state index >= 15 is 0 Å². The van der Waals surface area contributed by atoms with Crippen molar-refractivity contribution in [3.63, 3.8) is 0 Å². The Kier molecular flexibility index (Phi) is 6.17. The Morgan fingerprint density at radius 3 is 2.17 bits per heavy atom. The molecule has 0 bridgehead atoms. The molecular formula is C17H19NO4S. The minimum atomic E-state index is -0.196. The maximum atomic E-state index is 11.9. The predicted octanol–water partition coefficient (Wildman–Crippen LogP) is 3.16. The van der Waals surface area contributed by atoms with Crippen LogP contribution in [-0.4, -0.2) is 31.4 Å². The number of hydrogen-bond acceptors (Lipinski definition) is 5. The second-order valence-corrected chi connectivity index (χ2v) is 5.81. The number of rotatable bonds is 8. The number of thiophene rings is 1. The van der Waals surface area contributed by atoms with E-state index in [2.05, 4.69) is 5.32 Å². The summed E-state index contributed by atoms with van der Waals surface area (Å²) >= 11 is 1.19. The van der Waals surface area contributed by atoms with E-state index < -0.39 is 0 Å². The van der Waals surface area contributed by atoms with Crippen LogP contribution in [0.4, 0.5) is 0 Å². The molecule has 0 spiro atoms. The molecule has 0 radical (unpaired) electrons. The van der Waals surface area contributed by atoms with Crippen molar-refractivity contribution >= 4 is 23.0 Å². The lowest BCUT2D eigenvalue weighted by molar-refractivity contribution is 0.0950. The van der Waals surface area contributed by atoms with E-state index in [-0.39, 0.29) is 11.7 Å². The number of hydrogen-bond donors (Lipinski definition) is 1. The minimum absolute atomic E-state index is 0.0344. The summed E-state index contributed by atoms with van der Waals surface area (Å²) in [5, 5.41) is 2.76. The number of benzene rings is 1. The van der Waals surface area contributed by atoms with Crippen LogP contribution in [0.1, 0.15) is 33.2 Å². The van der Waals surface area contributed by atoms with Crippen molar-refractivity contribution in [1.82, 2.24) is 5.32 Å². The third kappa shape index (κ3) is 5.10. The van der Waals surface area contributed by atoms with Crippen LogP contribution in [-0.2, 0) is 0 Å². The molecular weight excluding hydrogens is 314 g/mol. The highest BCUT2D eigenvalue weighted by Crippen LogP contribution is 2.18. The van der Waals surface area contributed by atoms with Crippen molar-refractivity contribution in [1.29, 1.82) is 0 Å². The summed E-state index contributed by atoms with van der Waals surface area (Å²) in [6.07, 6.45) is 0. The Morgan fingerprint density at radius 2 is 1.61 bits per heavy atom.